The SMILES string of the molecule is COc1cccc2[nH]c(C(=O)C[C@@H](CC(C)(C)C)C(=O)N[C@H](C#N)C[C@@H]3CCCCC3=O)cc12. The Bertz CT molecular complexity index is 1090. The maximum absolute atomic E-state index is 13.2. The number of rotatable bonds is 9. The van der Waals surface area contributed by atoms with E-state index in [1.54, 1.807) is 13.2 Å². The minimum absolute atomic E-state index is 0.0265. The van der Waals surface area contributed by atoms with Gasteiger partial charge in [-0.15, -0.1) is 0 Å². The second kappa shape index (κ2) is 10.9. The molecule has 0 spiro atoms. The molecule has 7 nitrogen and oxygen atoms in total. The molecule has 0 radical (unpaired) electrons. The number of methoxy groups -OCH3 is 1. The number of hydrogen-bond donors (Lipinski definition) is 2. The van der Waals surface area contributed by atoms with E-state index >= 15 is 0 Å². The van der Waals surface area contributed by atoms with Gasteiger partial charge in [0.15, 0.2) is 5.78 Å². The number of hydrogen-bond acceptors (Lipinski definition) is 5. The highest BCUT2D eigenvalue weighted by Crippen LogP contribution is 2.30. The molecule has 2 aromatic rings. The van der Waals surface area contributed by atoms with Crippen LogP contribution >= 0.6 is 0 Å². The fourth-order valence-electron chi connectivity index (χ4n) is 4.81. The fraction of sp³-hybridized carbons (Fsp3) is 0.556. The second-order valence-electron chi connectivity index (χ2n) is 10.5. The Balaban J connectivity index is 1.74. The molecule has 1 amide bonds. The Morgan fingerprint density at radius 3 is 2.71 bits per heavy atom. The maximum Gasteiger partial charge on any atom is 0.224 e. The Morgan fingerprint density at radius 1 is 1.29 bits per heavy atom. The first-order chi connectivity index (χ1) is 16.1. The summed E-state index contributed by atoms with van der Waals surface area (Å²) in [5, 5.41) is 13.3. The third-order valence-electron chi connectivity index (χ3n) is 6.48. The van der Waals surface area contributed by atoms with Gasteiger partial charge in [-0.3, -0.25) is 14.4 Å². The summed E-state index contributed by atoms with van der Waals surface area (Å²) in [6, 6.07) is 8.72. The van der Waals surface area contributed by atoms with E-state index in [0.29, 0.717) is 30.7 Å². The van der Waals surface area contributed by atoms with Crippen LogP contribution in [0.4, 0.5) is 0 Å². The molecule has 1 aliphatic rings. The average molecular weight is 466 g/mol. The lowest BCUT2D eigenvalue weighted by molar-refractivity contribution is -0.128. The quantitative estimate of drug-likeness (QED) is 0.508. The van der Waals surface area contributed by atoms with E-state index in [1.807, 2.05) is 39.0 Å². The van der Waals surface area contributed by atoms with Gasteiger partial charge in [0.2, 0.25) is 5.91 Å². The largest absolute Gasteiger partial charge is 0.496 e. The highest BCUT2D eigenvalue weighted by Gasteiger charge is 2.31. The molecular formula is C27H35N3O4. The van der Waals surface area contributed by atoms with Crippen LogP contribution in [0.5, 0.6) is 5.75 Å². The van der Waals surface area contributed by atoms with Crippen LogP contribution in [0.2, 0.25) is 0 Å². The van der Waals surface area contributed by atoms with E-state index in [2.05, 4.69) is 16.4 Å². The van der Waals surface area contributed by atoms with E-state index in [1.165, 1.54) is 0 Å². The highest BCUT2D eigenvalue weighted by atomic mass is 16.5. The molecule has 2 N–H and O–H groups in total. The molecule has 1 saturated carbocycles. The third kappa shape index (κ3) is 6.47. The number of ketones is 2. The standard InChI is InChI=1S/C27H35N3O4/c1-27(2,3)15-18(26(33)29-19(16-28)12-17-8-5-6-10-23(17)31)13-24(32)22-14-20-21(30-22)9-7-11-25(20)34-4/h7,9,11,14,17-19,30H,5-6,8,10,12-13,15H2,1-4H3,(H,29,33)/t17-,18-,19-/m0/s1. The fourth-order valence-corrected chi connectivity index (χ4v) is 4.81. The van der Waals surface area contributed by atoms with E-state index in [-0.39, 0.29) is 35.2 Å². The number of amides is 1. The van der Waals surface area contributed by atoms with Gasteiger partial charge in [0.05, 0.1) is 18.9 Å². The van der Waals surface area contributed by atoms with Crippen LogP contribution < -0.4 is 10.1 Å². The first kappa shape index (κ1) is 25.5. The smallest absolute Gasteiger partial charge is 0.224 e. The lowest BCUT2D eigenvalue weighted by atomic mass is 9.81. The van der Waals surface area contributed by atoms with Gasteiger partial charge in [-0.2, -0.15) is 5.26 Å². The van der Waals surface area contributed by atoms with Crippen LogP contribution in [0.15, 0.2) is 24.3 Å². The number of Topliss-reactive ketones (excluding diaryl/α,β-unsaturated/α-hetero) is 2. The maximum atomic E-state index is 13.2. The van der Waals surface area contributed by atoms with E-state index in [0.717, 1.165) is 30.2 Å². The molecule has 34 heavy (non-hydrogen) atoms. The number of benzene rings is 1. The predicted octanol–water partition coefficient (Wildman–Crippen LogP) is 4.96. The Labute approximate surface area is 201 Å². The number of fused-ring (bicyclic) bond motifs is 1. The molecule has 1 fully saturated rings. The van der Waals surface area contributed by atoms with Gasteiger partial charge in [0.1, 0.15) is 17.6 Å². The second-order valence-corrected chi connectivity index (χ2v) is 10.5. The molecule has 182 valence electrons. The summed E-state index contributed by atoms with van der Waals surface area (Å²) >= 11 is 0. The average Bonchev–Trinajstić information content (AvgIpc) is 3.23. The summed E-state index contributed by atoms with van der Waals surface area (Å²) in [5.41, 5.74) is 1.03. The summed E-state index contributed by atoms with van der Waals surface area (Å²) in [5.74, 6) is -0.394. The first-order valence-electron chi connectivity index (χ1n) is 12.0. The zero-order valence-electron chi connectivity index (χ0n) is 20.6. The van der Waals surface area contributed by atoms with Gasteiger partial charge in [0, 0.05) is 35.6 Å². The van der Waals surface area contributed by atoms with E-state index in [9.17, 15) is 19.6 Å². The molecule has 1 heterocycles. The molecule has 0 saturated heterocycles. The molecule has 1 aliphatic carbocycles. The van der Waals surface area contributed by atoms with Crippen molar-refractivity contribution in [2.75, 3.05) is 7.11 Å². The number of aromatic amines is 1. The van der Waals surface area contributed by atoms with Crippen molar-refractivity contribution in [2.45, 2.75) is 71.8 Å². The third-order valence-corrected chi connectivity index (χ3v) is 6.48. The lowest BCUT2D eigenvalue weighted by Crippen LogP contribution is -2.42. The molecule has 1 aromatic carbocycles. The molecule has 7 heteroatoms. The summed E-state index contributed by atoms with van der Waals surface area (Å²) < 4.78 is 5.38. The summed E-state index contributed by atoms with van der Waals surface area (Å²) in [6.07, 6.45) is 4.04. The number of H-pyrrole nitrogens is 1. The van der Waals surface area contributed by atoms with Crippen molar-refractivity contribution in [2.24, 2.45) is 17.3 Å². The van der Waals surface area contributed by atoms with Crippen molar-refractivity contribution < 1.29 is 19.1 Å². The topological polar surface area (TPSA) is 112 Å². The number of aromatic nitrogens is 1. The molecule has 3 rings (SSSR count). The molecule has 3 atom stereocenters. The zero-order valence-corrected chi connectivity index (χ0v) is 20.6. The van der Waals surface area contributed by atoms with E-state index in [4.69, 9.17) is 4.74 Å². The molecular weight excluding hydrogens is 430 g/mol. The van der Waals surface area contributed by atoms with Crippen LogP contribution in [0, 0.1) is 28.6 Å². The molecule has 0 aliphatic heterocycles. The number of carbonyl (C=O) groups is 3. The van der Waals surface area contributed by atoms with Gasteiger partial charge in [-0.25, -0.2) is 0 Å². The zero-order chi connectivity index (χ0) is 24.9. The van der Waals surface area contributed by atoms with Crippen molar-refractivity contribution >= 4 is 28.4 Å². The first-order valence-corrected chi connectivity index (χ1v) is 12.0. The van der Waals surface area contributed by atoms with Crippen LogP contribution in [0.25, 0.3) is 10.9 Å². The van der Waals surface area contributed by atoms with Crippen molar-refractivity contribution in [1.82, 2.24) is 10.3 Å². The van der Waals surface area contributed by atoms with Gasteiger partial charge in [-0.05, 0) is 49.3 Å². The van der Waals surface area contributed by atoms with Crippen molar-refractivity contribution in [3.8, 4) is 11.8 Å². The number of nitrogens with one attached hydrogen (secondary N) is 2. The van der Waals surface area contributed by atoms with Gasteiger partial charge < -0.3 is 15.0 Å². The molecule has 0 bridgehead atoms. The summed E-state index contributed by atoms with van der Waals surface area (Å²) in [4.78, 5) is 41.7. The Morgan fingerprint density at radius 2 is 2.06 bits per heavy atom. The van der Waals surface area contributed by atoms with Crippen LogP contribution in [0.1, 0.15) is 76.2 Å². The van der Waals surface area contributed by atoms with Crippen LogP contribution in [-0.2, 0) is 9.59 Å². The minimum atomic E-state index is -0.741. The monoisotopic (exact) mass is 465 g/mol. The number of ether oxygens (including phenoxy) is 1. The summed E-state index contributed by atoms with van der Waals surface area (Å²) in [6.45, 7) is 6.07. The normalized spacial score (nSPS) is 18.2. The van der Waals surface area contributed by atoms with Crippen LogP contribution in [-0.4, -0.2) is 35.6 Å². The van der Waals surface area contributed by atoms with Gasteiger partial charge in [0.25, 0.3) is 0 Å². The van der Waals surface area contributed by atoms with Crippen LogP contribution in [0.3, 0.4) is 0 Å². The molecule has 1 aromatic heterocycles. The minimum Gasteiger partial charge on any atom is -0.496 e. The number of carbonyl (C=O) groups excluding carboxylic acids is 3. The number of nitriles is 1. The van der Waals surface area contributed by atoms with Gasteiger partial charge in [-0.1, -0.05) is 33.3 Å². The summed E-state index contributed by atoms with van der Waals surface area (Å²) in [7, 11) is 1.58. The van der Waals surface area contributed by atoms with Crippen molar-refractivity contribution in [3.63, 3.8) is 0 Å². The van der Waals surface area contributed by atoms with E-state index < -0.39 is 12.0 Å². The Kier molecular flexibility index (Phi) is 8.14. The lowest BCUT2D eigenvalue weighted by Gasteiger charge is -2.27. The molecule has 0 unspecified atom stereocenters. The highest BCUT2D eigenvalue weighted by molar-refractivity contribution is 6.02. The van der Waals surface area contributed by atoms with Gasteiger partial charge >= 0.3 is 0 Å². The Hall–Kier alpha value is -3.14. The predicted molar refractivity (Wildman–Crippen MR) is 130 cm³/mol. The number of nitrogens with zero attached hydrogens (tertiary/aromatic N) is 1. The van der Waals surface area contributed by atoms with Crippen molar-refractivity contribution in [3.05, 3.63) is 30.0 Å². The van der Waals surface area contributed by atoms with Crippen molar-refractivity contribution in [1.29, 1.82) is 5.26 Å².